The summed E-state index contributed by atoms with van der Waals surface area (Å²) in [6, 6.07) is 52.3. The average Bonchev–Trinajstić information content (AvgIpc) is 3.56. The van der Waals surface area contributed by atoms with Crippen molar-refractivity contribution in [3.8, 4) is 22.4 Å². The molecule has 0 spiro atoms. The van der Waals surface area contributed by atoms with E-state index in [1.165, 1.54) is 11.7 Å². The molecule has 204 valence electrons. The van der Waals surface area contributed by atoms with Crippen molar-refractivity contribution in [2.45, 2.75) is 6.16 Å². The molecular weight excluding hydrogens is 573 g/mol. The van der Waals surface area contributed by atoms with E-state index in [9.17, 15) is 0 Å². The Labute approximate surface area is 254 Å². The molecule has 0 aliphatic rings. The molecule has 0 fully saturated rings. The van der Waals surface area contributed by atoms with Crippen LogP contribution < -0.4 is 15.9 Å². The summed E-state index contributed by atoms with van der Waals surface area (Å²) in [4.78, 5) is 5.48. The molecule has 0 aliphatic carbocycles. The maximum atomic E-state index is 8.55. The first-order valence-corrected chi connectivity index (χ1v) is 17.9. The van der Waals surface area contributed by atoms with Crippen LogP contribution in [-0.4, -0.2) is 13.7 Å². The standard InChI is InChI=1S/C36H27ClN3PS/c37-41(29-20-10-3-11-21-29,30-22-12-4-13-23-30,31-24-14-5-15-25-31)26-32-33(27-16-6-1-7-17-27)35-36(40-42-39-35)34(38-32)28-18-8-2-9-19-28/h1-25H,26H2. The molecule has 2 aromatic heterocycles. The third-order valence-corrected chi connectivity index (χ3v) is 15.6. The van der Waals surface area contributed by atoms with Gasteiger partial charge in [0.1, 0.15) is 0 Å². The Hall–Kier alpha value is -4.21. The van der Waals surface area contributed by atoms with Crippen molar-refractivity contribution in [1.29, 1.82) is 0 Å². The number of aromatic nitrogens is 3. The van der Waals surface area contributed by atoms with E-state index in [0.29, 0.717) is 6.16 Å². The van der Waals surface area contributed by atoms with E-state index in [-0.39, 0.29) is 0 Å². The third-order valence-electron chi connectivity index (χ3n) is 7.93. The molecule has 0 N–H and O–H groups in total. The fraction of sp³-hybridized carbons (Fsp3) is 0.0278. The predicted molar refractivity (Wildman–Crippen MR) is 181 cm³/mol. The van der Waals surface area contributed by atoms with Crippen molar-refractivity contribution in [2.75, 3.05) is 0 Å². The minimum absolute atomic E-state index is 0.503. The van der Waals surface area contributed by atoms with Crippen molar-refractivity contribution in [2.24, 2.45) is 0 Å². The number of benzene rings is 5. The van der Waals surface area contributed by atoms with Gasteiger partial charge in [-0.1, -0.05) is 0 Å². The Balaban J connectivity index is 1.62. The summed E-state index contributed by atoms with van der Waals surface area (Å²) in [7, 11) is 0. The van der Waals surface area contributed by atoms with Crippen LogP contribution in [0, 0.1) is 0 Å². The molecule has 0 bridgehead atoms. The SMILES string of the molecule is ClP(Cc1nc(-c2ccccc2)c2nsnc2c1-c1ccccc1)(c1ccccc1)(c1ccccc1)c1ccccc1. The Bertz CT molecular complexity index is 1870. The Morgan fingerprint density at radius 3 is 1.38 bits per heavy atom. The van der Waals surface area contributed by atoms with Gasteiger partial charge in [-0.15, -0.1) is 0 Å². The van der Waals surface area contributed by atoms with E-state index in [4.69, 9.17) is 25.0 Å². The van der Waals surface area contributed by atoms with Gasteiger partial charge in [0.05, 0.1) is 0 Å². The van der Waals surface area contributed by atoms with Gasteiger partial charge in [0.2, 0.25) is 0 Å². The van der Waals surface area contributed by atoms with Crippen molar-refractivity contribution in [3.05, 3.63) is 157 Å². The van der Waals surface area contributed by atoms with E-state index in [2.05, 4.69) is 109 Å². The number of nitrogens with zero attached hydrogens (tertiary/aromatic N) is 3. The maximum absolute atomic E-state index is 8.55. The molecule has 0 amide bonds. The van der Waals surface area contributed by atoms with Gasteiger partial charge in [-0.05, 0) is 0 Å². The summed E-state index contributed by atoms with van der Waals surface area (Å²) in [6.45, 7) is 0. The molecule has 5 aromatic carbocycles. The second kappa shape index (κ2) is 10.9. The first-order chi connectivity index (χ1) is 20.7. The van der Waals surface area contributed by atoms with Crippen LogP contribution in [0.25, 0.3) is 33.4 Å². The Morgan fingerprint density at radius 2 is 0.905 bits per heavy atom. The van der Waals surface area contributed by atoms with Crippen molar-refractivity contribution >= 4 is 55.9 Å². The van der Waals surface area contributed by atoms with E-state index in [1.807, 2.05) is 42.5 Å². The summed E-state index contributed by atoms with van der Waals surface area (Å²) >= 11 is 9.77. The number of rotatable bonds is 7. The average molecular weight is 600 g/mol. The molecule has 0 unspecified atom stereocenters. The molecule has 0 saturated heterocycles. The summed E-state index contributed by atoms with van der Waals surface area (Å²) in [5, 5.41) is 3.29. The fourth-order valence-corrected chi connectivity index (χ4v) is 12.5. The second-order valence-corrected chi connectivity index (χ2v) is 17.3. The van der Waals surface area contributed by atoms with Gasteiger partial charge >= 0.3 is 256 Å². The summed E-state index contributed by atoms with van der Waals surface area (Å²) in [6.07, 6.45) is 0.503. The molecule has 42 heavy (non-hydrogen) atoms. The van der Waals surface area contributed by atoms with Crippen LogP contribution in [0.1, 0.15) is 5.69 Å². The topological polar surface area (TPSA) is 38.7 Å². The van der Waals surface area contributed by atoms with Crippen LogP contribution in [0.3, 0.4) is 0 Å². The molecule has 7 aromatic rings. The Morgan fingerprint density at radius 1 is 0.500 bits per heavy atom. The van der Waals surface area contributed by atoms with Crippen molar-refractivity contribution in [1.82, 2.24) is 13.7 Å². The molecule has 0 atom stereocenters. The summed E-state index contributed by atoms with van der Waals surface area (Å²) in [5.41, 5.74) is 6.43. The molecule has 0 aliphatic heterocycles. The summed E-state index contributed by atoms with van der Waals surface area (Å²) < 4.78 is 9.63. The van der Waals surface area contributed by atoms with Gasteiger partial charge in [-0.3, -0.25) is 0 Å². The summed E-state index contributed by atoms with van der Waals surface area (Å²) in [5.74, 6) is -3.69. The molecule has 6 heteroatoms. The second-order valence-electron chi connectivity index (χ2n) is 10.3. The zero-order valence-electron chi connectivity index (χ0n) is 22.7. The van der Waals surface area contributed by atoms with Gasteiger partial charge in [-0.25, -0.2) is 0 Å². The molecule has 0 radical (unpaired) electrons. The number of fused-ring (bicyclic) bond motifs is 1. The molecule has 2 heterocycles. The molecule has 7 rings (SSSR count). The molecule has 3 nitrogen and oxygen atoms in total. The monoisotopic (exact) mass is 599 g/mol. The van der Waals surface area contributed by atoms with E-state index < -0.39 is 5.96 Å². The van der Waals surface area contributed by atoms with Gasteiger partial charge in [-0.2, -0.15) is 0 Å². The van der Waals surface area contributed by atoms with Gasteiger partial charge < -0.3 is 0 Å². The Kier molecular flexibility index (Phi) is 6.91. The number of halogens is 1. The first-order valence-electron chi connectivity index (χ1n) is 13.8. The predicted octanol–water partition coefficient (Wildman–Crippen LogP) is 8.60. The van der Waals surface area contributed by atoms with Crippen LogP contribution in [0.5, 0.6) is 0 Å². The van der Waals surface area contributed by atoms with Crippen molar-refractivity contribution < 1.29 is 0 Å². The van der Waals surface area contributed by atoms with Crippen LogP contribution in [0.4, 0.5) is 0 Å². The van der Waals surface area contributed by atoms with Crippen molar-refractivity contribution in [3.63, 3.8) is 0 Å². The fourth-order valence-electron chi connectivity index (χ4n) is 5.93. The molecular formula is C36H27ClN3PS. The van der Waals surface area contributed by atoms with Crippen LogP contribution in [0.15, 0.2) is 152 Å². The third kappa shape index (κ3) is 4.35. The van der Waals surface area contributed by atoms with Crippen LogP contribution in [0.2, 0.25) is 0 Å². The normalized spacial score (nSPS) is 12.5. The molecule has 0 saturated carbocycles. The van der Waals surface area contributed by atoms with Gasteiger partial charge in [0.25, 0.3) is 0 Å². The quantitative estimate of drug-likeness (QED) is 0.172. The number of pyridine rings is 1. The first kappa shape index (κ1) is 26.7. The van der Waals surface area contributed by atoms with E-state index >= 15 is 0 Å². The minimum atomic E-state index is -3.69. The van der Waals surface area contributed by atoms with Crippen LogP contribution in [-0.2, 0) is 6.16 Å². The zero-order valence-corrected chi connectivity index (χ0v) is 25.2. The number of hydrogen-bond donors (Lipinski definition) is 0. The van der Waals surface area contributed by atoms with E-state index in [1.54, 1.807) is 0 Å². The van der Waals surface area contributed by atoms with Crippen LogP contribution >= 0.6 is 28.9 Å². The number of hydrogen-bond acceptors (Lipinski definition) is 4. The van der Waals surface area contributed by atoms with E-state index in [0.717, 1.165) is 55.0 Å². The van der Waals surface area contributed by atoms with Gasteiger partial charge in [0, 0.05) is 0 Å². The zero-order chi connectivity index (χ0) is 28.4. The van der Waals surface area contributed by atoms with Gasteiger partial charge in [0.15, 0.2) is 0 Å².